The van der Waals surface area contributed by atoms with Gasteiger partial charge in [0, 0.05) is 10.2 Å². The van der Waals surface area contributed by atoms with Crippen molar-refractivity contribution in [2.45, 2.75) is 18.5 Å². The monoisotopic (exact) mass is 367 g/mol. The Morgan fingerprint density at radius 2 is 1.70 bits per heavy atom. The molecule has 0 fully saturated rings. The van der Waals surface area contributed by atoms with Crippen LogP contribution in [0.5, 0.6) is 0 Å². The number of alkyl halides is 7. The Morgan fingerprint density at radius 3 is 2.15 bits per heavy atom. The first kappa shape index (κ1) is 16.7. The molecule has 0 saturated heterocycles. The molecule has 0 aromatic heterocycles. The van der Waals surface area contributed by atoms with Gasteiger partial charge < -0.3 is 5.32 Å². The van der Waals surface area contributed by atoms with Gasteiger partial charge >= 0.3 is 24.4 Å². The fourth-order valence-electron chi connectivity index (χ4n) is 1.13. The maximum atomic E-state index is 12.6. The summed E-state index contributed by atoms with van der Waals surface area (Å²) in [5.74, 6) is -7.38. The first-order chi connectivity index (χ1) is 8.96. The van der Waals surface area contributed by atoms with Crippen LogP contribution in [0, 0.1) is 0 Å². The van der Waals surface area contributed by atoms with Gasteiger partial charge in [-0.15, -0.1) is 0 Å². The molecule has 20 heavy (non-hydrogen) atoms. The lowest BCUT2D eigenvalue weighted by atomic mass is 10.2. The maximum absolute atomic E-state index is 12.6. The number of nitrogens with one attached hydrogen (secondary N) is 1. The Bertz CT molecular complexity index is 515. The first-order valence-electron chi connectivity index (χ1n) is 4.80. The van der Waals surface area contributed by atoms with E-state index in [-0.39, 0.29) is 4.47 Å². The Hall–Kier alpha value is -1.32. The van der Waals surface area contributed by atoms with Crippen LogP contribution in [0.15, 0.2) is 22.7 Å². The number of carbonyl (C=O) groups is 1. The SMILES string of the molecule is O=C(Nc1ccc(Br)c(C(F)(F)F)c1)C(F)(F)C(F)F. The summed E-state index contributed by atoms with van der Waals surface area (Å²) in [6.07, 6.45) is -9.06. The molecule has 0 unspecified atom stereocenters. The molecule has 1 N–H and O–H groups in total. The second kappa shape index (κ2) is 5.58. The van der Waals surface area contributed by atoms with E-state index in [1.807, 2.05) is 0 Å². The Morgan fingerprint density at radius 1 is 1.15 bits per heavy atom. The van der Waals surface area contributed by atoms with E-state index in [4.69, 9.17) is 0 Å². The van der Waals surface area contributed by atoms with Crippen molar-refractivity contribution in [2.24, 2.45) is 0 Å². The van der Waals surface area contributed by atoms with E-state index in [0.29, 0.717) is 6.07 Å². The van der Waals surface area contributed by atoms with Crippen LogP contribution in [-0.4, -0.2) is 18.3 Å². The van der Waals surface area contributed by atoms with Gasteiger partial charge in [0.1, 0.15) is 0 Å². The van der Waals surface area contributed by atoms with Crippen LogP contribution in [0.3, 0.4) is 0 Å². The van der Waals surface area contributed by atoms with Gasteiger partial charge in [-0.2, -0.15) is 22.0 Å². The molecule has 112 valence electrons. The lowest BCUT2D eigenvalue weighted by molar-refractivity contribution is -0.163. The van der Waals surface area contributed by atoms with Crippen molar-refractivity contribution in [3.05, 3.63) is 28.2 Å². The lowest BCUT2D eigenvalue weighted by Gasteiger charge is -2.16. The summed E-state index contributed by atoms with van der Waals surface area (Å²) >= 11 is 2.59. The molecule has 0 aliphatic heterocycles. The second-order valence-electron chi connectivity index (χ2n) is 3.57. The number of hydrogen-bond donors (Lipinski definition) is 1. The molecule has 0 heterocycles. The minimum atomic E-state index is -4.99. The number of hydrogen-bond acceptors (Lipinski definition) is 1. The van der Waals surface area contributed by atoms with Crippen molar-refractivity contribution < 1.29 is 35.5 Å². The van der Waals surface area contributed by atoms with Gasteiger partial charge in [-0.25, -0.2) is 8.78 Å². The number of amides is 1. The number of benzene rings is 1. The average molecular weight is 368 g/mol. The van der Waals surface area contributed by atoms with Gasteiger partial charge in [0.2, 0.25) is 0 Å². The molecule has 1 aromatic carbocycles. The molecule has 1 aromatic rings. The highest BCUT2D eigenvalue weighted by Gasteiger charge is 2.49. The standard InChI is InChI=1S/C10H5BrF7NO/c11-6-2-1-4(3-5(6)10(16,17)18)19-8(20)9(14,15)7(12)13/h1-3,7H,(H,19,20). The van der Waals surface area contributed by atoms with Crippen molar-refractivity contribution in [2.75, 3.05) is 5.32 Å². The van der Waals surface area contributed by atoms with Crippen LogP contribution in [0.2, 0.25) is 0 Å². The van der Waals surface area contributed by atoms with E-state index >= 15 is 0 Å². The van der Waals surface area contributed by atoms with E-state index < -0.39 is 35.7 Å². The van der Waals surface area contributed by atoms with Gasteiger partial charge in [0.15, 0.2) is 0 Å². The fraction of sp³-hybridized carbons (Fsp3) is 0.300. The highest BCUT2D eigenvalue weighted by Crippen LogP contribution is 2.36. The van der Waals surface area contributed by atoms with E-state index in [2.05, 4.69) is 15.9 Å². The van der Waals surface area contributed by atoms with Crippen molar-refractivity contribution in [3.63, 3.8) is 0 Å². The summed E-state index contributed by atoms with van der Waals surface area (Å²) in [7, 11) is 0. The first-order valence-corrected chi connectivity index (χ1v) is 5.59. The van der Waals surface area contributed by atoms with Crippen LogP contribution in [-0.2, 0) is 11.0 Å². The molecule has 0 bridgehead atoms. The number of anilines is 1. The topological polar surface area (TPSA) is 29.1 Å². The van der Waals surface area contributed by atoms with Gasteiger partial charge in [-0.3, -0.25) is 4.79 Å². The van der Waals surface area contributed by atoms with Crippen molar-refractivity contribution >= 4 is 27.5 Å². The molecule has 1 amide bonds. The summed E-state index contributed by atoms with van der Waals surface area (Å²) in [6, 6.07) is 2.06. The Kier molecular flexibility index (Phi) is 4.67. The smallest absolute Gasteiger partial charge is 0.321 e. The molecule has 2 nitrogen and oxygen atoms in total. The summed E-state index contributed by atoms with van der Waals surface area (Å²) in [5, 5.41) is 1.31. The maximum Gasteiger partial charge on any atom is 0.417 e. The third-order valence-electron chi connectivity index (χ3n) is 2.11. The van der Waals surface area contributed by atoms with E-state index in [9.17, 15) is 35.5 Å². The molecule has 1 rings (SSSR count). The number of carbonyl (C=O) groups excluding carboxylic acids is 1. The zero-order chi connectivity index (χ0) is 15.7. The summed E-state index contributed by atoms with van der Waals surface area (Å²) in [5.41, 5.74) is -1.92. The molecule has 0 aliphatic rings. The average Bonchev–Trinajstić information content (AvgIpc) is 2.29. The predicted octanol–water partition coefficient (Wildman–Crippen LogP) is 4.31. The largest absolute Gasteiger partial charge is 0.417 e. The summed E-state index contributed by atoms with van der Waals surface area (Å²) < 4.78 is 86.3. The Balaban J connectivity index is 3.04. The van der Waals surface area contributed by atoms with Crippen LogP contribution < -0.4 is 5.32 Å². The fourth-order valence-corrected chi connectivity index (χ4v) is 1.61. The van der Waals surface area contributed by atoms with Crippen molar-refractivity contribution in [1.29, 1.82) is 0 Å². The lowest BCUT2D eigenvalue weighted by Crippen LogP contribution is -2.41. The zero-order valence-electron chi connectivity index (χ0n) is 9.24. The van der Waals surface area contributed by atoms with E-state index in [1.165, 1.54) is 5.32 Å². The van der Waals surface area contributed by atoms with E-state index in [0.717, 1.165) is 12.1 Å². The Labute approximate surface area is 116 Å². The number of rotatable bonds is 3. The highest BCUT2D eigenvalue weighted by molar-refractivity contribution is 9.10. The third-order valence-corrected chi connectivity index (χ3v) is 2.80. The minimum absolute atomic E-state index is 0.351. The molecule has 10 heteroatoms. The third kappa shape index (κ3) is 3.62. The van der Waals surface area contributed by atoms with Crippen LogP contribution in [0.25, 0.3) is 0 Å². The molecular weight excluding hydrogens is 363 g/mol. The predicted molar refractivity (Wildman–Crippen MR) is 58.7 cm³/mol. The quantitative estimate of drug-likeness (QED) is 0.792. The molecular formula is C10H5BrF7NO. The molecule has 0 radical (unpaired) electrons. The van der Waals surface area contributed by atoms with Crippen LogP contribution in [0.4, 0.5) is 36.4 Å². The minimum Gasteiger partial charge on any atom is -0.321 e. The summed E-state index contributed by atoms with van der Waals surface area (Å²) in [6.45, 7) is 0. The number of halogens is 8. The highest BCUT2D eigenvalue weighted by atomic mass is 79.9. The normalized spacial score (nSPS) is 12.7. The van der Waals surface area contributed by atoms with Crippen molar-refractivity contribution in [1.82, 2.24) is 0 Å². The van der Waals surface area contributed by atoms with E-state index in [1.54, 1.807) is 0 Å². The summed E-state index contributed by atoms with van der Waals surface area (Å²) in [4.78, 5) is 10.9. The van der Waals surface area contributed by atoms with Gasteiger partial charge in [0.05, 0.1) is 5.56 Å². The molecule has 0 saturated carbocycles. The molecule has 0 spiro atoms. The van der Waals surface area contributed by atoms with Gasteiger partial charge in [0.25, 0.3) is 0 Å². The molecule has 0 atom stereocenters. The van der Waals surface area contributed by atoms with Crippen molar-refractivity contribution in [3.8, 4) is 0 Å². The van der Waals surface area contributed by atoms with Crippen LogP contribution >= 0.6 is 15.9 Å². The zero-order valence-corrected chi connectivity index (χ0v) is 10.8. The van der Waals surface area contributed by atoms with Crippen LogP contribution in [0.1, 0.15) is 5.56 Å². The second-order valence-corrected chi connectivity index (χ2v) is 4.42. The van der Waals surface area contributed by atoms with Gasteiger partial charge in [-0.05, 0) is 18.2 Å². The van der Waals surface area contributed by atoms with Gasteiger partial charge in [-0.1, -0.05) is 15.9 Å². The molecule has 0 aliphatic carbocycles.